The third-order valence-corrected chi connectivity index (χ3v) is 2.35. The van der Waals surface area contributed by atoms with E-state index < -0.39 is 0 Å². The van der Waals surface area contributed by atoms with Gasteiger partial charge in [0.25, 0.3) is 0 Å². The van der Waals surface area contributed by atoms with Crippen LogP contribution in [0.15, 0.2) is 0 Å². The Kier molecular flexibility index (Phi) is 3.19. The SMILES string of the molecule is O=C1COCC(C(Cl)I)N1. The van der Waals surface area contributed by atoms with Crippen LogP contribution in [0.5, 0.6) is 0 Å². The second-order valence-electron chi connectivity index (χ2n) is 2.02. The Bertz CT molecular complexity index is 142. The summed E-state index contributed by atoms with van der Waals surface area (Å²) in [4.78, 5) is 10.7. The maximum absolute atomic E-state index is 10.7. The van der Waals surface area contributed by atoms with E-state index in [0.717, 1.165) is 0 Å². The van der Waals surface area contributed by atoms with E-state index in [1.807, 2.05) is 22.6 Å². The second-order valence-corrected chi connectivity index (χ2v) is 4.57. The Balaban J connectivity index is 2.39. The molecule has 0 aromatic rings. The summed E-state index contributed by atoms with van der Waals surface area (Å²) in [7, 11) is 0. The molecule has 0 radical (unpaired) electrons. The van der Waals surface area contributed by atoms with Gasteiger partial charge in [0.1, 0.15) is 9.99 Å². The van der Waals surface area contributed by atoms with Gasteiger partial charge in [-0.2, -0.15) is 0 Å². The Morgan fingerprint density at radius 1 is 1.90 bits per heavy atom. The van der Waals surface area contributed by atoms with E-state index in [4.69, 9.17) is 16.3 Å². The number of amides is 1. The van der Waals surface area contributed by atoms with Gasteiger partial charge in [0.2, 0.25) is 5.91 Å². The molecule has 0 aromatic carbocycles. The molecule has 1 saturated heterocycles. The molecular weight excluding hydrogens is 268 g/mol. The van der Waals surface area contributed by atoms with Gasteiger partial charge >= 0.3 is 0 Å². The lowest BCUT2D eigenvalue weighted by molar-refractivity contribution is -0.130. The molecule has 2 atom stereocenters. The van der Waals surface area contributed by atoms with Gasteiger partial charge in [0.05, 0.1) is 12.6 Å². The van der Waals surface area contributed by atoms with Crippen molar-refractivity contribution in [1.82, 2.24) is 5.32 Å². The number of hydrogen-bond acceptors (Lipinski definition) is 2. The molecule has 1 N–H and O–H groups in total. The second kappa shape index (κ2) is 3.73. The van der Waals surface area contributed by atoms with Crippen LogP contribution >= 0.6 is 34.2 Å². The highest BCUT2D eigenvalue weighted by Gasteiger charge is 2.23. The third-order valence-electron chi connectivity index (χ3n) is 1.18. The van der Waals surface area contributed by atoms with E-state index in [2.05, 4.69) is 5.32 Å². The molecule has 3 nitrogen and oxygen atoms in total. The van der Waals surface area contributed by atoms with Crippen molar-refractivity contribution in [2.24, 2.45) is 0 Å². The maximum Gasteiger partial charge on any atom is 0.246 e. The Labute approximate surface area is 77.6 Å². The number of halogens is 2. The summed E-state index contributed by atoms with van der Waals surface area (Å²) in [6.45, 7) is 0.680. The van der Waals surface area contributed by atoms with E-state index in [1.165, 1.54) is 0 Å². The quantitative estimate of drug-likeness (QED) is 0.559. The predicted octanol–water partition coefficient (Wildman–Crippen LogP) is 0.501. The number of morpholine rings is 1. The standard InChI is InChI=1S/C5H7ClINO2/c6-5(7)3-1-10-2-4(9)8-3/h3,5H,1-2H2,(H,8,9). The molecule has 1 amide bonds. The molecule has 10 heavy (non-hydrogen) atoms. The topological polar surface area (TPSA) is 38.3 Å². The zero-order chi connectivity index (χ0) is 7.56. The van der Waals surface area contributed by atoms with Crippen molar-refractivity contribution in [3.63, 3.8) is 0 Å². The predicted molar refractivity (Wildman–Crippen MR) is 46.4 cm³/mol. The largest absolute Gasteiger partial charge is 0.369 e. The van der Waals surface area contributed by atoms with Crippen LogP contribution in [0.25, 0.3) is 0 Å². The van der Waals surface area contributed by atoms with Gasteiger partial charge in [-0.05, 0) is 0 Å². The Hall–Kier alpha value is 0.450. The lowest BCUT2D eigenvalue weighted by atomic mass is 10.3. The van der Waals surface area contributed by atoms with Crippen molar-refractivity contribution >= 4 is 40.1 Å². The van der Waals surface area contributed by atoms with E-state index in [-0.39, 0.29) is 21.9 Å². The molecule has 58 valence electrons. The average Bonchev–Trinajstić information content (AvgIpc) is 1.88. The molecule has 0 aliphatic carbocycles. The lowest BCUT2D eigenvalue weighted by Gasteiger charge is -2.24. The van der Waals surface area contributed by atoms with E-state index in [9.17, 15) is 4.79 Å². The van der Waals surface area contributed by atoms with Crippen molar-refractivity contribution in [2.45, 2.75) is 9.43 Å². The van der Waals surface area contributed by atoms with Gasteiger partial charge in [0, 0.05) is 0 Å². The average molecular weight is 275 g/mol. The summed E-state index contributed by atoms with van der Waals surface area (Å²) in [5, 5.41) is 2.71. The smallest absolute Gasteiger partial charge is 0.246 e. The number of carbonyl (C=O) groups is 1. The molecule has 2 unspecified atom stereocenters. The molecule has 1 aliphatic rings. The van der Waals surface area contributed by atoms with Gasteiger partial charge < -0.3 is 10.1 Å². The number of hydrogen-bond donors (Lipinski definition) is 1. The van der Waals surface area contributed by atoms with Gasteiger partial charge in [-0.25, -0.2) is 0 Å². The highest BCUT2D eigenvalue weighted by atomic mass is 127. The minimum absolute atomic E-state index is 0.0384. The zero-order valence-corrected chi connectivity index (χ0v) is 8.05. The number of alkyl halides is 2. The highest BCUT2D eigenvalue weighted by Crippen LogP contribution is 2.13. The van der Waals surface area contributed by atoms with Crippen LogP contribution in [0.3, 0.4) is 0 Å². The summed E-state index contributed by atoms with van der Waals surface area (Å²) >= 11 is 7.76. The first-order valence-electron chi connectivity index (χ1n) is 2.85. The molecule has 1 rings (SSSR count). The van der Waals surface area contributed by atoms with Gasteiger partial charge in [0.15, 0.2) is 0 Å². The fraction of sp³-hybridized carbons (Fsp3) is 0.800. The number of nitrogens with one attached hydrogen (secondary N) is 1. The molecule has 5 heteroatoms. The summed E-state index contributed by atoms with van der Waals surface area (Å²) in [5.74, 6) is -0.0847. The molecule has 0 spiro atoms. The van der Waals surface area contributed by atoms with Crippen molar-refractivity contribution in [3.8, 4) is 0 Å². The van der Waals surface area contributed by atoms with E-state index >= 15 is 0 Å². The molecule has 0 aromatic heterocycles. The minimum atomic E-state index is -0.0955. The number of carbonyl (C=O) groups excluding carboxylic acids is 1. The molecule has 0 bridgehead atoms. The van der Waals surface area contributed by atoms with E-state index in [0.29, 0.717) is 6.61 Å². The number of ether oxygens (including phenoxy) is 1. The van der Waals surface area contributed by atoms with Crippen molar-refractivity contribution in [2.75, 3.05) is 13.2 Å². The first kappa shape index (κ1) is 8.55. The van der Waals surface area contributed by atoms with Gasteiger partial charge in [-0.15, -0.1) is 11.6 Å². The molecule has 1 fully saturated rings. The normalized spacial score (nSPS) is 29.4. The van der Waals surface area contributed by atoms with Gasteiger partial charge in [-0.3, -0.25) is 4.79 Å². The first-order valence-corrected chi connectivity index (χ1v) is 4.53. The van der Waals surface area contributed by atoms with Crippen molar-refractivity contribution in [3.05, 3.63) is 0 Å². The first-order chi connectivity index (χ1) is 4.70. The highest BCUT2D eigenvalue weighted by molar-refractivity contribution is 14.1. The number of rotatable bonds is 1. The molecular formula is C5H7ClINO2. The van der Waals surface area contributed by atoms with Crippen LogP contribution in [0, 0.1) is 0 Å². The Morgan fingerprint density at radius 3 is 3.00 bits per heavy atom. The van der Waals surface area contributed by atoms with Gasteiger partial charge in [-0.1, -0.05) is 22.6 Å². The Morgan fingerprint density at radius 2 is 2.60 bits per heavy atom. The monoisotopic (exact) mass is 275 g/mol. The summed E-state index contributed by atoms with van der Waals surface area (Å²) in [5.41, 5.74) is 0. The summed E-state index contributed by atoms with van der Waals surface area (Å²) in [6.07, 6.45) is 0. The summed E-state index contributed by atoms with van der Waals surface area (Å²) in [6, 6.07) is -0.0384. The van der Waals surface area contributed by atoms with E-state index in [1.54, 1.807) is 0 Å². The maximum atomic E-state index is 10.7. The minimum Gasteiger partial charge on any atom is -0.369 e. The summed E-state index contributed by atoms with van der Waals surface area (Å²) < 4.78 is 4.86. The van der Waals surface area contributed by atoms with Crippen LogP contribution in [0.4, 0.5) is 0 Å². The van der Waals surface area contributed by atoms with Crippen LogP contribution in [0.1, 0.15) is 0 Å². The molecule has 0 saturated carbocycles. The lowest BCUT2D eigenvalue weighted by Crippen LogP contribution is -2.48. The zero-order valence-electron chi connectivity index (χ0n) is 5.14. The van der Waals surface area contributed by atoms with Crippen LogP contribution in [-0.4, -0.2) is 28.5 Å². The van der Waals surface area contributed by atoms with Crippen molar-refractivity contribution in [1.29, 1.82) is 0 Å². The van der Waals surface area contributed by atoms with Crippen LogP contribution < -0.4 is 5.32 Å². The van der Waals surface area contributed by atoms with Crippen molar-refractivity contribution < 1.29 is 9.53 Å². The molecule has 1 aliphatic heterocycles. The molecule has 1 heterocycles. The van der Waals surface area contributed by atoms with Crippen LogP contribution in [0.2, 0.25) is 0 Å². The van der Waals surface area contributed by atoms with Crippen LogP contribution in [-0.2, 0) is 9.53 Å². The fourth-order valence-corrected chi connectivity index (χ4v) is 1.23. The third kappa shape index (κ3) is 2.25. The fourth-order valence-electron chi connectivity index (χ4n) is 0.704.